The topological polar surface area (TPSA) is 58.2 Å². The van der Waals surface area contributed by atoms with Crippen molar-refractivity contribution in [1.82, 2.24) is 10.6 Å². The largest absolute Gasteiger partial charge is 0.323 e. The minimum atomic E-state index is -0.563. The molecule has 0 aromatic rings. The molecule has 4 heteroatoms. The van der Waals surface area contributed by atoms with Crippen molar-refractivity contribution in [3.05, 3.63) is 0 Å². The highest BCUT2D eigenvalue weighted by atomic mass is 16.2. The van der Waals surface area contributed by atoms with Crippen LogP contribution in [0.4, 0.5) is 4.79 Å². The summed E-state index contributed by atoms with van der Waals surface area (Å²) in [6.07, 6.45) is 6.23. The van der Waals surface area contributed by atoms with E-state index in [1.54, 1.807) is 0 Å². The van der Waals surface area contributed by atoms with Crippen molar-refractivity contribution >= 4 is 11.9 Å². The first-order valence-corrected chi connectivity index (χ1v) is 5.82. The van der Waals surface area contributed by atoms with Crippen molar-refractivity contribution in [2.45, 2.75) is 51.0 Å². The zero-order valence-electron chi connectivity index (χ0n) is 9.14. The van der Waals surface area contributed by atoms with Gasteiger partial charge in [-0.05, 0) is 25.2 Å². The van der Waals surface area contributed by atoms with Gasteiger partial charge in [-0.25, -0.2) is 4.79 Å². The number of hydrogen-bond acceptors (Lipinski definition) is 2. The zero-order valence-corrected chi connectivity index (χ0v) is 9.14. The van der Waals surface area contributed by atoms with Gasteiger partial charge in [-0.15, -0.1) is 0 Å². The number of carbonyl (C=O) groups excluding carboxylic acids is 2. The van der Waals surface area contributed by atoms with Crippen molar-refractivity contribution in [3.8, 4) is 0 Å². The first kappa shape index (κ1) is 10.5. The normalized spacial score (nSPS) is 34.6. The highest BCUT2D eigenvalue weighted by Gasteiger charge is 2.53. The predicted octanol–water partition coefficient (Wildman–Crippen LogP) is 1.55. The van der Waals surface area contributed by atoms with Crippen LogP contribution in [0.5, 0.6) is 0 Å². The van der Waals surface area contributed by atoms with Crippen LogP contribution in [-0.2, 0) is 4.79 Å². The number of urea groups is 1. The Balaban J connectivity index is 2.11. The Labute approximate surface area is 89.8 Å². The molecule has 2 atom stereocenters. The van der Waals surface area contributed by atoms with Crippen LogP contribution in [0.25, 0.3) is 0 Å². The molecule has 0 radical (unpaired) electrons. The number of nitrogens with one attached hydrogen (secondary N) is 2. The SMILES string of the molecule is CCCC[C@@H]1CCC[C@]12NC(=O)NC2=O. The monoisotopic (exact) mass is 210 g/mol. The summed E-state index contributed by atoms with van der Waals surface area (Å²) in [6, 6.07) is -0.316. The summed E-state index contributed by atoms with van der Waals surface area (Å²) in [5.41, 5.74) is -0.563. The van der Waals surface area contributed by atoms with Gasteiger partial charge < -0.3 is 5.32 Å². The van der Waals surface area contributed by atoms with E-state index in [0.29, 0.717) is 5.92 Å². The van der Waals surface area contributed by atoms with Crippen LogP contribution in [0.15, 0.2) is 0 Å². The van der Waals surface area contributed by atoms with E-state index >= 15 is 0 Å². The summed E-state index contributed by atoms with van der Waals surface area (Å²) in [4.78, 5) is 23.0. The molecular weight excluding hydrogens is 192 g/mol. The molecular formula is C11H18N2O2. The second kappa shape index (κ2) is 3.83. The van der Waals surface area contributed by atoms with Gasteiger partial charge in [0.05, 0.1) is 0 Å². The molecule has 1 saturated heterocycles. The molecule has 0 bridgehead atoms. The first-order valence-electron chi connectivity index (χ1n) is 5.82. The molecule has 0 unspecified atom stereocenters. The van der Waals surface area contributed by atoms with E-state index in [1.807, 2.05) is 0 Å². The standard InChI is InChI=1S/C11H18N2O2/c1-2-3-5-8-6-4-7-11(8)9(14)12-10(15)13-11/h8H,2-7H2,1H3,(H2,12,13,14,15)/t8-,11+/m1/s1. The second-order valence-corrected chi connectivity index (χ2v) is 4.61. The molecule has 84 valence electrons. The third kappa shape index (κ3) is 1.62. The number of carbonyl (C=O) groups is 2. The molecule has 1 aliphatic heterocycles. The smallest absolute Gasteiger partial charge is 0.322 e. The van der Waals surface area contributed by atoms with Crippen LogP contribution in [-0.4, -0.2) is 17.5 Å². The minimum Gasteiger partial charge on any atom is -0.323 e. The fraction of sp³-hybridized carbons (Fsp3) is 0.818. The summed E-state index contributed by atoms with van der Waals surface area (Å²) in [7, 11) is 0. The minimum absolute atomic E-state index is 0.105. The lowest BCUT2D eigenvalue weighted by atomic mass is 9.83. The molecule has 1 spiro atoms. The molecule has 2 fully saturated rings. The van der Waals surface area contributed by atoms with E-state index in [0.717, 1.165) is 38.5 Å². The van der Waals surface area contributed by atoms with Gasteiger partial charge in [0.2, 0.25) is 0 Å². The van der Waals surface area contributed by atoms with Gasteiger partial charge in [-0.3, -0.25) is 10.1 Å². The van der Waals surface area contributed by atoms with E-state index in [2.05, 4.69) is 17.6 Å². The van der Waals surface area contributed by atoms with Crippen molar-refractivity contribution in [2.24, 2.45) is 5.92 Å². The average molecular weight is 210 g/mol. The maximum absolute atomic E-state index is 11.8. The molecule has 1 aliphatic carbocycles. The molecule has 2 aliphatic rings. The van der Waals surface area contributed by atoms with Crippen LogP contribution < -0.4 is 10.6 Å². The van der Waals surface area contributed by atoms with E-state index in [-0.39, 0.29) is 11.9 Å². The second-order valence-electron chi connectivity index (χ2n) is 4.61. The summed E-state index contributed by atoms with van der Waals surface area (Å²) in [5.74, 6) is 0.231. The van der Waals surface area contributed by atoms with E-state index in [4.69, 9.17) is 0 Å². The van der Waals surface area contributed by atoms with Crippen molar-refractivity contribution in [2.75, 3.05) is 0 Å². The lowest BCUT2D eigenvalue weighted by Gasteiger charge is -2.27. The zero-order chi connectivity index (χ0) is 10.9. The van der Waals surface area contributed by atoms with Gasteiger partial charge in [0.25, 0.3) is 5.91 Å². The van der Waals surface area contributed by atoms with Gasteiger partial charge in [0.1, 0.15) is 5.54 Å². The molecule has 15 heavy (non-hydrogen) atoms. The van der Waals surface area contributed by atoms with Gasteiger partial charge in [-0.1, -0.05) is 26.2 Å². The third-order valence-electron chi connectivity index (χ3n) is 3.70. The molecule has 0 aromatic carbocycles. The Bertz CT molecular complexity index is 290. The van der Waals surface area contributed by atoms with Crippen LogP contribution in [0.3, 0.4) is 0 Å². The van der Waals surface area contributed by atoms with Crippen molar-refractivity contribution < 1.29 is 9.59 Å². The third-order valence-corrected chi connectivity index (χ3v) is 3.70. The summed E-state index contributed by atoms with van der Waals surface area (Å²) in [5, 5.41) is 5.21. The number of amides is 3. The fourth-order valence-electron chi connectivity index (χ4n) is 2.89. The van der Waals surface area contributed by atoms with Crippen molar-refractivity contribution in [3.63, 3.8) is 0 Å². The lowest BCUT2D eigenvalue weighted by molar-refractivity contribution is -0.125. The average Bonchev–Trinajstić information content (AvgIpc) is 2.70. The first-order chi connectivity index (χ1) is 7.19. The van der Waals surface area contributed by atoms with Crippen molar-refractivity contribution in [1.29, 1.82) is 0 Å². The van der Waals surface area contributed by atoms with Gasteiger partial charge in [0.15, 0.2) is 0 Å². The quantitative estimate of drug-likeness (QED) is 0.694. The summed E-state index contributed by atoms with van der Waals surface area (Å²) in [6.45, 7) is 2.15. The molecule has 2 rings (SSSR count). The number of hydrogen-bond donors (Lipinski definition) is 2. The molecule has 2 N–H and O–H groups in total. The lowest BCUT2D eigenvalue weighted by Crippen LogP contribution is -2.49. The van der Waals surface area contributed by atoms with E-state index in [1.165, 1.54) is 0 Å². The molecule has 1 saturated carbocycles. The van der Waals surface area contributed by atoms with Gasteiger partial charge in [-0.2, -0.15) is 0 Å². The van der Waals surface area contributed by atoms with Crippen LogP contribution in [0.1, 0.15) is 45.4 Å². The Hall–Kier alpha value is -1.06. The van der Waals surface area contributed by atoms with E-state index < -0.39 is 5.54 Å². The fourth-order valence-corrected chi connectivity index (χ4v) is 2.89. The molecule has 4 nitrogen and oxygen atoms in total. The highest BCUT2D eigenvalue weighted by molar-refractivity contribution is 6.07. The molecule has 1 heterocycles. The Morgan fingerprint density at radius 3 is 2.87 bits per heavy atom. The Morgan fingerprint density at radius 2 is 2.27 bits per heavy atom. The van der Waals surface area contributed by atoms with Gasteiger partial charge >= 0.3 is 6.03 Å². The van der Waals surface area contributed by atoms with Gasteiger partial charge in [0, 0.05) is 0 Å². The number of imide groups is 1. The van der Waals surface area contributed by atoms with Crippen LogP contribution in [0.2, 0.25) is 0 Å². The highest BCUT2D eigenvalue weighted by Crippen LogP contribution is 2.40. The Kier molecular flexibility index (Phi) is 2.67. The molecule has 3 amide bonds. The van der Waals surface area contributed by atoms with Crippen LogP contribution >= 0.6 is 0 Å². The Morgan fingerprint density at radius 1 is 1.47 bits per heavy atom. The summed E-state index contributed by atoms with van der Waals surface area (Å²) >= 11 is 0. The summed E-state index contributed by atoms with van der Waals surface area (Å²) < 4.78 is 0. The predicted molar refractivity (Wildman–Crippen MR) is 56.3 cm³/mol. The molecule has 0 aromatic heterocycles. The number of unbranched alkanes of at least 4 members (excludes halogenated alkanes) is 1. The van der Waals surface area contributed by atoms with Crippen LogP contribution in [0, 0.1) is 5.92 Å². The maximum Gasteiger partial charge on any atom is 0.322 e. The maximum atomic E-state index is 11.8. The number of rotatable bonds is 3. The van der Waals surface area contributed by atoms with E-state index in [9.17, 15) is 9.59 Å².